The standard InChI is InChI=1S/C28H28N2O3S/c1-16-14-23(16)19-6-9-21-17(2)22(25-10-11-26(34-25)28(32)33-3)12-13-30(24(21)15-19)27(31)18-4-7-20(29)8-5-18/h4-11,15-16,23H,12-14,29H2,1-3H3/t16?,23-/m0/s1. The molecule has 1 unspecified atom stereocenters. The van der Waals surface area contributed by atoms with Crippen molar-refractivity contribution in [2.45, 2.75) is 32.6 Å². The Kier molecular flexibility index (Phi) is 5.78. The normalized spacial score (nSPS) is 19.4. The third-order valence-corrected chi connectivity index (χ3v) is 8.11. The van der Waals surface area contributed by atoms with Gasteiger partial charge in [-0.05, 0) is 90.8 Å². The smallest absolute Gasteiger partial charge is 0.348 e. The minimum Gasteiger partial charge on any atom is -0.465 e. The van der Waals surface area contributed by atoms with E-state index in [9.17, 15) is 9.59 Å². The lowest BCUT2D eigenvalue weighted by Crippen LogP contribution is -2.32. The predicted molar refractivity (Wildman–Crippen MR) is 138 cm³/mol. The van der Waals surface area contributed by atoms with E-state index in [1.165, 1.54) is 30.4 Å². The van der Waals surface area contributed by atoms with Crippen molar-refractivity contribution in [3.05, 3.63) is 81.0 Å². The van der Waals surface area contributed by atoms with E-state index in [-0.39, 0.29) is 11.9 Å². The van der Waals surface area contributed by atoms with Crippen LogP contribution in [0, 0.1) is 5.92 Å². The molecule has 2 aliphatic rings. The number of methoxy groups -OCH3 is 1. The Hall–Kier alpha value is -3.38. The SMILES string of the molecule is COC(=O)c1ccc(C2=C(C)c3ccc([C@H]4CC4C)cc3N(C(=O)c3ccc(N)cc3)CC2)s1. The molecule has 2 atom stereocenters. The second-order valence-corrected chi connectivity index (χ2v) is 10.3. The van der Waals surface area contributed by atoms with Crippen LogP contribution in [0.5, 0.6) is 0 Å². The van der Waals surface area contributed by atoms with Crippen molar-refractivity contribution in [1.29, 1.82) is 0 Å². The molecule has 1 aromatic heterocycles. The minimum absolute atomic E-state index is 0.0299. The summed E-state index contributed by atoms with van der Waals surface area (Å²) in [4.78, 5) is 29.2. The molecule has 1 aliphatic carbocycles. The number of fused-ring (bicyclic) bond motifs is 1. The molecule has 0 bridgehead atoms. The average Bonchev–Trinajstić information content (AvgIpc) is 3.42. The summed E-state index contributed by atoms with van der Waals surface area (Å²) in [7, 11) is 1.40. The van der Waals surface area contributed by atoms with E-state index in [4.69, 9.17) is 10.5 Å². The lowest BCUT2D eigenvalue weighted by atomic mass is 9.96. The predicted octanol–water partition coefficient (Wildman–Crippen LogP) is 6.22. The molecule has 1 saturated carbocycles. The van der Waals surface area contributed by atoms with Gasteiger partial charge in [0.05, 0.1) is 12.8 Å². The second kappa shape index (κ2) is 8.76. The van der Waals surface area contributed by atoms with Gasteiger partial charge in [0.25, 0.3) is 5.91 Å². The van der Waals surface area contributed by atoms with Crippen molar-refractivity contribution in [3.63, 3.8) is 0 Å². The van der Waals surface area contributed by atoms with Crippen LogP contribution in [-0.4, -0.2) is 25.5 Å². The topological polar surface area (TPSA) is 72.6 Å². The largest absolute Gasteiger partial charge is 0.465 e. The summed E-state index contributed by atoms with van der Waals surface area (Å²) >= 11 is 1.44. The zero-order valence-electron chi connectivity index (χ0n) is 19.6. The maximum atomic E-state index is 13.7. The average molecular weight is 473 g/mol. The molecule has 1 fully saturated rings. The first-order valence-corrected chi connectivity index (χ1v) is 12.4. The lowest BCUT2D eigenvalue weighted by Gasteiger charge is -2.24. The number of hydrogen-bond donors (Lipinski definition) is 1. The van der Waals surface area contributed by atoms with Gasteiger partial charge in [-0.25, -0.2) is 4.79 Å². The number of allylic oxidation sites excluding steroid dienone is 1. The van der Waals surface area contributed by atoms with Gasteiger partial charge in [0.2, 0.25) is 0 Å². The van der Waals surface area contributed by atoms with Gasteiger partial charge < -0.3 is 15.4 Å². The Morgan fingerprint density at radius 1 is 1.09 bits per heavy atom. The van der Waals surface area contributed by atoms with Gasteiger partial charge in [-0.3, -0.25) is 4.79 Å². The van der Waals surface area contributed by atoms with Gasteiger partial charge in [-0.1, -0.05) is 19.1 Å². The first-order chi connectivity index (χ1) is 16.4. The van der Waals surface area contributed by atoms with Gasteiger partial charge in [0.15, 0.2) is 0 Å². The molecule has 3 aromatic rings. The molecule has 1 amide bonds. The molecule has 34 heavy (non-hydrogen) atoms. The molecule has 0 spiro atoms. The van der Waals surface area contributed by atoms with E-state index in [1.807, 2.05) is 17.0 Å². The Labute approximate surface area is 203 Å². The fourth-order valence-corrected chi connectivity index (χ4v) is 5.87. The van der Waals surface area contributed by atoms with E-state index >= 15 is 0 Å². The van der Waals surface area contributed by atoms with Gasteiger partial charge in [0, 0.05) is 28.2 Å². The Balaban J connectivity index is 1.59. The van der Waals surface area contributed by atoms with Crippen molar-refractivity contribution in [3.8, 4) is 0 Å². The highest BCUT2D eigenvalue weighted by atomic mass is 32.1. The molecular formula is C28H28N2O3S. The third-order valence-electron chi connectivity index (χ3n) is 6.99. The van der Waals surface area contributed by atoms with Crippen LogP contribution >= 0.6 is 11.3 Å². The van der Waals surface area contributed by atoms with E-state index in [0.717, 1.165) is 27.3 Å². The summed E-state index contributed by atoms with van der Waals surface area (Å²) in [5, 5.41) is 0. The lowest BCUT2D eigenvalue weighted by molar-refractivity contribution is 0.0606. The van der Waals surface area contributed by atoms with Crippen LogP contribution in [0.1, 0.15) is 68.6 Å². The van der Waals surface area contributed by atoms with E-state index in [2.05, 4.69) is 32.0 Å². The number of nitrogens with two attached hydrogens (primary N) is 1. The van der Waals surface area contributed by atoms with E-state index in [1.54, 1.807) is 24.3 Å². The molecule has 2 N–H and O–H groups in total. The fraction of sp³-hybridized carbons (Fsp3) is 0.286. The van der Waals surface area contributed by atoms with Crippen LogP contribution in [-0.2, 0) is 4.74 Å². The number of rotatable bonds is 4. The quantitative estimate of drug-likeness (QED) is 0.361. The number of hydrogen-bond acceptors (Lipinski definition) is 5. The summed E-state index contributed by atoms with van der Waals surface area (Å²) < 4.78 is 4.89. The molecule has 0 saturated heterocycles. The van der Waals surface area contributed by atoms with Crippen LogP contribution in [0.25, 0.3) is 11.1 Å². The molecular weight excluding hydrogens is 444 g/mol. The van der Waals surface area contributed by atoms with Crippen LogP contribution in [0.3, 0.4) is 0 Å². The zero-order valence-corrected chi connectivity index (χ0v) is 20.4. The number of anilines is 2. The number of amides is 1. The van der Waals surface area contributed by atoms with Gasteiger partial charge in [0.1, 0.15) is 4.88 Å². The number of carbonyl (C=O) groups excluding carboxylic acids is 2. The highest BCUT2D eigenvalue weighted by molar-refractivity contribution is 7.15. The Morgan fingerprint density at radius 3 is 2.50 bits per heavy atom. The van der Waals surface area contributed by atoms with Crippen LogP contribution in [0.15, 0.2) is 54.6 Å². The maximum absolute atomic E-state index is 13.7. The second-order valence-electron chi connectivity index (χ2n) is 9.18. The first kappa shape index (κ1) is 22.4. The monoisotopic (exact) mass is 472 g/mol. The van der Waals surface area contributed by atoms with Gasteiger partial charge in [-0.2, -0.15) is 0 Å². The highest BCUT2D eigenvalue weighted by Crippen LogP contribution is 2.49. The number of carbonyl (C=O) groups is 2. The number of esters is 1. The Morgan fingerprint density at radius 2 is 1.82 bits per heavy atom. The first-order valence-electron chi connectivity index (χ1n) is 11.6. The molecule has 2 aromatic carbocycles. The zero-order chi connectivity index (χ0) is 24.0. The number of nitrogen functional groups attached to an aromatic ring is 1. The van der Waals surface area contributed by atoms with Crippen LogP contribution in [0.2, 0.25) is 0 Å². The highest BCUT2D eigenvalue weighted by Gasteiger charge is 2.35. The van der Waals surface area contributed by atoms with E-state index < -0.39 is 0 Å². The maximum Gasteiger partial charge on any atom is 0.348 e. The van der Waals surface area contributed by atoms with Crippen molar-refractivity contribution < 1.29 is 14.3 Å². The van der Waals surface area contributed by atoms with Gasteiger partial charge in [-0.15, -0.1) is 11.3 Å². The number of thiophene rings is 1. The molecule has 5 rings (SSSR count). The van der Waals surface area contributed by atoms with Crippen molar-refractivity contribution >= 4 is 45.7 Å². The number of benzene rings is 2. The summed E-state index contributed by atoms with van der Waals surface area (Å²) in [5.74, 6) is 0.885. The third kappa shape index (κ3) is 4.03. The minimum atomic E-state index is -0.327. The summed E-state index contributed by atoms with van der Waals surface area (Å²) in [5.41, 5.74) is 12.7. The molecule has 6 heteroatoms. The molecule has 1 aliphatic heterocycles. The van der Waals surface area contributed by atoms with Crippen molar-refractivity contribution in [2.24, 2.45) is 5.92 Å². The number of nitrogens with zero attached hydrogens (tertiary/aromatic N) is 1. The molecule has 5 nitrogen and oxygen atoms in total. The molecule has 174 valence electrons. The van der Waals surface area contributed by atoms with Crippen molar-refractivity contribution in [1.82, 2.24) is 0 Å². The fourth-order valence-electron chi connectivity index (χ4n) is 4.81. The Bertz CT molecular complexity index is 1310. The van der Waals surface area contributed by atoms with Crippen LogP contribution < -0.4 is 10.6 Å². The molecule has 0 radical (unpaired) electrons. The van der Waals surface area contributed by atoms with Gasteiger partial charge >= 0.3 is 5.97 Å². The van der Waals surface area contributed by atoms with Crippen LogP contribution in [0.4, 0.5) is 11.4 Å². The number of ether oxygens (including phenoxy) is 1. The summed E-state index contributed by atoms with van der Waals surface area (Å²) in [6.07, 6.45) is 1.88. The van der Waals surface area contributed by atoms with E-state index in [0.29, 0.717) is 40.9 Å². The summed E-state index contributed by atoms with van der Waals surface area (Å²) in [6, 6.07) is 17.5. The summed E-state index contributed by atoms with van der Waals surface area (Å²) in [6.45, 7) is 4.94. The van der Waals surface area contributed by atoms with Crippen molar-refractivity contribution in [2.75, 3.05) is 24.3 Å². The molecule has 2 heterocycles.